The minimum atomic E-state index is -0.730. The Balaban J connectivity index is 1.79. The van der Waals surface area contributed by atoms with Crippen LogP contribution in [0.1, 0.15) is 23.9 Å². The van der Waals surface area contributed by atoms with E-state index in [1.807, 2.05) is 10.8 Å². The number of rotatable bonds is 7. The van der Waals surface area contributed by atoms with E-state index in [1.165, 1.54) is 17.5 Å². The zero-order chi connectivity index (χ0) is 16.1. The molecule has 2 heterocycles. The Kier molecular flexibility index (Phi) is 5.23. The molecule has 9 heteroatoms. The van der Waals surface area contributed by atoms with Gasteiger partial charge in [0.1, 0.15) is 6.20 Å². The van der Waals surface area contributed by atoms with Crippen molar-refractivity contribution in [2.75, 3.05) is 6.54 Å². The van der Waals surface area contributed by atoms with E-state index < -0.39 is 11.0 Å². The molecule has 0 aromatic carbocycles. The first-order chi connectivity index (χ1) is 10.5. The first-order valence-electron chi connectivity index (χ1n) is 6.62. The number of hydrogen-bond donors (Lipinski definition) is 2. The smallest absolute Gasteiger partial charge is 0.381 e. The van der Waals surface area contributed by atoms with E-state index >= 15 is 0 Å². The Morgan fingerprint density at radius 1 is 1.64 bits per heavy atom. The predicted octanol–water partition coefficient (Wildman–Crippen LogP) is 1.40. The predicted molar refractivity (Wildman–Crippen MR) is 80.5 cm³/mol. The molecule has 2 aromatic rings. The maximum Gasteiger partial charge on any atom is 0.381 e. The molecule has 0 fully saturated rings. The van der Waals surface area contributed by atoms with Crippen LogP contribution < -0.4 is 5.32 Å². The first-order valence-corrected chi connectivity index (χ1v) is 7.56. The van der Waals surface area contributed by atoms with Gasteiger partial charge in [0.2, 0.25) is 11.7 Å². The number of aryl methyl sites for hydroxylation is 2. The number of amides is 1. The van der Waals surface area contributed by atoms with Crippen LogP contribution in [0.15, 0.2) is 23.0 Å². The summed E-state index contributed by atoms with van der Waals surface area (Å²) in [6.07, 6.45) is 0.735. The fraction of sp³-hybridized carbons (Fsp3) is 0.385. The minimum absolute atomic E-state index is 0.138. The number of hydrogen-bond acceptors (Lipinski definition) is 6. The number of aromatic nitrogens is 2. The summed E-state index contributed by atoms with van der Waals surface area (Å²) in [7, 11) is 0. The molecule has 1 atom stereocenters. The largest absolute Gasteiger partial charge is 0.387 e. The van der Waals surface area contributed by atoms with Gasteiger partial charge in [0.25, 0.3) is 0 Å². The summed E-state index contributed by atoms with van der Waals surface area (Å²) in [5, 5.41) is 26.8. The second kappa shape index (κ2) is 7.14. The highest BCUT2D eigenvalue weighted by molar-refractivity contribution is 7.07. The number of imidazole rings is 1. The normalized spacial score (nSPS) is 12.1. The zero-order valence-electron chi connectivity index (χ0n) is 11.9. The van der Waals surface area contributed by atoms with E-state index in [2.05, 4.69) is 10.3 Å². The molecular formula is C13H16N4O4S. The van der Waals surface area contributed by atoms with Crippen molar-refractivity contribution in [1.29, 1.82) is 0 Å². The van der Waals surface area contributed by atoms with Gasteiger partial charge in [0.05, 0.1) is 6.10 Å². The minimum Gasteiger partial charge on any atom is -0.387 e. The highest BCUT2D eigenvalue weighted by Gasteiger charge is 2.16. The summed E-state index contributed by atoms with van der Waals surface area (Å²) >= 11 is 1.48. The monoisotopic (exact) mass is 324 g/mol. The molecular weight excluding hydrogens is 308 g/mol. The Morgan fingerprint density at radius 3 is 3.00 bits per heavy atom. The van der Waals surface area contributed by atoms with Crippen molar-refractivity contribution in [2.24, 2.45) is 0 Å². The first kappa shape index (κ1) is 16.1. The number of nitrogens with zero attached hydrogens (tertiary/aromatic N) is 3. The molecule has 0 radical (unpaired) electrons. The molecule has 1 amide bonds. The fourth-order valence-corrected chi connectivity index (χ4v) is 2.62. The summed E-state index contributed by atoms with van der Waals surface area (Å²) < 4.78 is 1.56. The van der Waals surface area contributed by atoms with E-state index in [4.69, 9.17) is 0 Å². The van der Waals surface area contributed by atoms with Crippen molar-refractivity contribution in [3.8, 4) is 0 Å². The van der Waals surface area contributed by atoms with Gasteiger partial charge >= 0.3 is 5.82 Å². The van der Waals surface area contributed by atoms with Crippen molar-refractivity contribution in [3.63, 3.8) is 0 Å². The molecule has 8 nitrogen and oxygen atoms in total. The van der Waals surface area contributed by atoms with E-state index in [1.54, 1.807) is 17.6 Å². The lowest BCUT2D eigenvalue weighted by Gasteiger charge is -2.10. The molecule has 0 aliphatic rings. The topological polar surface area (TPSA) is 110 Å². The Morgan fingerprint density at radius 2 is 2.41 bits per heavy atom. The molecule has 0 saturated heterocycles. The number of carbonyl (C=O) groups is 1. The maximum atomic E-state index is 11.8. The fourth-order valence-electron chi connectivity index (χ4n) is 1.91. The molecule has 2 N–H and O–H groups in total. The van der Waals surface area contributed by atoms with Gasteiger partial charge in [-0.25, -0.2) is 0 Å². The van der Waals surface area contributed by atoms with Crippen molar-refractivity contribution in [1.82, 2.24) is 14.9 Å². The number of nitro groups is 1. The Labute approximate surface area is 130 Å². The quantitative estimate of drug-likeness (QED) is 0.591. The van der Waals surface area contributed by atoms with Gasteiger partial charge in [-0.1, -0.05) is 0 Å². The number of nitrogens with one attached hydrogen (secondary N) is 1. The van der Waals surface area contributed by atoms with Crippen LogP contribution in [0.3, 0.4) is 0 Å². The number of aliphatic hydroxyl groups is 1. The Hall–Kier alpha value is -2.26. The lowest BCUT2D eigenvalue weighted by atomic mass is 10.2. The maximum absolute atomic E-state index is 11.8. The van der Waals surface area contributed by atoms with Gasteiger partial charge in [-0.2, -0.15) is 11.3 Å². The number of carbonyl (C=O) groups excluding carboxylic acids is 1. The van der Waals surface area contributed by atoms with Gasteiger partial charge in [0, 0.05) is 26.4 Å². The van der Waals surface area contributed by atoms with Crippen LogP contribution in [0, 0.1) is 17.0 Å². The summed E-state index contributed by atoms with van der Waals surface area (Å²) in [6, 6.07) is 1.80. The average molecular weight is 324 g/mol. The van der Waals surface area contributed by atoms with Crippen LogP contribution in [0.5, 0.6) is 0 Å². The lowest BCUT2D eigenvalue weighted by molar-refractivity contribution is -0.389. The van der Waals surface area contributed by atoms with Crippen LogP contribution in [-0.4, -0.2) is 32.0 Å². The third-order valence-electron chi connectivity index (χ3n) is 3.15. The number of aliphatic hydroxyl groups excluding tert-OH is 1. The highest BCUT2D eigenvalue weighted by atomic mass is 32.1. The van der Waals surface area contributed by atoms with Crippen molar-refractivity contribution < 1.29 is 14.8 Å². The summed E-state index contributed by atoms with van der Waals surface area (Å²) in [6.45, 7) is 2.08. The average Bonchev–Trinajstić information content (AvgIpc) is 3.12. The molecule has 0 aliphatic heterocycles. The van der Waals surface area contributed by atoms with Crippen molar-refractivity contribution in [2.45, 2.75) is 26.0 Å². The van der Waals surface area contributed by atoms with Crippen LogP contribution in [0.2, 0.25) is 0 Å². The van der Waals surface area contributed by atoms with Gasteiger partial charge in [0.15, 0.2) is 0 Å². The zero-order valence-corrected chi connectivity index (χ0v) is 12.7. The Bertz CT molecular complexity index is 653. The molecule has 0 saturated carbocycles. The van der Waals surface area contributed by atoms with Gasteiger partial charge < -0.3 is 25.1 Å². The molecule has 1 unspecified atom stereocenters. The summed E-state index contributed by atoms with van der Waals surface area (Å²) in [5.74, 6) is 0.0219. The number of thiophene rings is 1. The van der Waals surface area contributed by atoms with E-state index in [-0.39, 0.29) is 24.7 Å². The van der Waals surface area contributed by atoms with Gasteiger partial charge in [-0.15, -0.1) is 0 Å². The second-order valence-electron chi connectivity index (χ2n) is 4.72. The molecule has 0 spiro atoms. The standard InChI is InChI=1S/C13H16N4O4S/c1-9-15-12(17(20)21)7-16(9)4-2-13(19)14-6-11(18)10-3-5-22-8-10/h3,5,7-8,11,18H,2,4,6H2,1H3,(H,14,19). The second-order valence-corrected chi connectivity index (χ2v) is 5.50. The van der Waals surface area contributed by atoms with Crippen LogP contribution >= 0.6 is 11.3 Å². The van der Waals surface area contributed by atoms with E-state index in [0.29, 0.717) is 12.4 Å². The van der Waals surface area contributed by atoms with Gasteiger partial charge in [-0.05, 0) is 32.3 Å². The third-order valence-corrected chi connectivity index (χ3v) is 3.85. The van der Waals surface area contributed by atoms with Crippen LogP contribution in [0.25, 0.3) is 0 Å². The summed E-state index contributed by atoms with van der Waals surface area (Å²) in [5.41, 5.74) is 0.770. The highest BCUT2D eigenvalue weighted by Crippen LogP contribution is 2.15. The van der Waals surface area contributed by atoms with Crippen molar-refractivity contribution in [3.05, 3.63) is 44.5 Å². The third kappa shape index (κ3) is 4.12. The van der Waals surface area contributed by atoms with Gasteiger partial charge in [-0.3, -0.25) is 4.79 Å². The van der Waals surface area contributed by atoms with Crippen molar-refractivity contribution >= 4 is 23.1 Å². The molecule has 118 valence electrons. The van der Waals surface area contributed by atoms with E-state index in [9.17, 15) is 20.0 Å². The molecule has 2 rings (SSSR count). The van der Waals surface area contributed by atoms with Crippen LogP contribution in [0.4, 0.5) is 5.82 Å². The summed E-state index contributed by atoms with van der Waals surface area (Å²) in [4.78, 5) is 25.6. The molecule has 0 aliphatic carbocycles. The van der Waals surface area contributed by atoms with Crippen LogP contribution in [-0.2, 0) is 11.3 Å². The lowest BCUT2D eigenvalue weighted by Crippen LogP contribution is -2.29. The molecule has 22 heavy (non-hydrogen) atoms. The molecule has 2 aromatic heterocycles. The SMILES string of the molecule is Cc1nc([N+](=O)[O-])cn1CCC(=O)NCC(O)c1ccsc1. The van der Waals surface area contributed by atoms with E-state index in [0.717, 1.165) is 5.56 Å². The molecule has 0 bridgehead atoms.